The van der Waals surface area contributed by atoms with Gasteiger partial charge in [-0.25, -0.2) is 19.2 Å². The van der Waals surface area contributed by atoms with E-state index in [1.165, 1.54) is 0 Å². The minimum atomic E-state index is -0.612. The van der Waals surface area contributed by atoms with Crippen LogP contribution in [-0.2, 0) is 18.9 Å². The quantitative estimate of drug-likeness (QED) is 0.463. The Balaban J connectivity index is 1.46. The number of carbonyl (C=O) groups is 4. The first-order chi connectivity index (χ1) is 15.5. The van der Waals surface area contributed by atoms with E-state index in [0.29, 0.717) is 22.3 Å². The summed E-state index contributed by atoms with van der Waals surface area (Å²) in [4.78, 5) is 51.5. The van der Waals surface area contributed by atoms with Gasteiger partial charge in [-0.2, -0.15) is 0 Å². The lowest BCUT2D eigenvalue weighted by Crippen LogP contribution is -2.66. The minimum Gasteiger partial charge on any atom is -0.454 e. The minimum absolute atomic E-state index is 0.245. The Labute approximate surface area is 179 Å². The molecule has 2 aromatic carbocycles. The van der Waals surface area contributed by atoms with E-state index in [1.807, 2.05) is 0 Å². The fourth-order valence-electron chi connectivity index (χ4n) is 7.45. The summed E-state index contributed by atoms with van der Waals surface area (Å²) in [6.07, 6.45) is -2.45. The molecule has 0 aromatic heterocycles. The van der Waals surface area contributed by atoms with Gasteiger partial charge in [0.1, 0.15) is 24.4 Å². The van der Waals surface area contributed by atoms with Gasteiger partial charge in [0.2, 0.25) is 0 Å². The fraction of sp³-hybridized carbons (Fsp3) is 0.333. The van der Waals surface area contributed by atoms with Crippen LogP contribution >= 0.6 is 0 Å². The molecule has 8 unspecified atom stereocenters. The van der Waals surface area contributed by atoms with Gasteiger partial charge >= 0.3 is 23.9 Å². The third kappa shape index (κ3) is 1.39. The van der Waals surface area contributed by atoms with Crippen molar-refractivity contribution in [3.63, 3.8) is 0 Å². The van der Waals surface area contributed by atoms with Crippen molar-refractivity contribution in [2.24, 2.45) is 0 Å². The highest BCUT2D eigenvalue weighted by atomic mass is 16.6. The van der Waals surface area contributed by atoms with Crippen molar-refractivity contribution in [2.75, 3.05) is 0 Å². The summed E-state index contributed by atoms with van der Waals surface area (Å²) < 4.78 is 22.9. The third-order valence-electron chi connectivity index (χ3n) is 8.60. The zero-order valence-electron chi connectivity index (χ0n) is 16.2. The van der Waals surface area contributed by atoms with Crippen molar-refractivity contribution >= 4 is 23.9 Å². The van der Waals surface area contributed by atoms with Gasteiger partial charge in [-0.3, -0.25) is 0 Å². The predicted molar refractivity (Wildman–Crippen MR) is 101 cm³/mol. The van der Waals surface area contributed by atoms with Crippen molar-refractivity contribution < 1.29 is 38.1 Å². The highest BCUT2D eigenvalue weighted by Crippen LogP contribution is 2.68. The van der Waals surface area contributed by atoms with Crippen LogP contribution in [0.5, 0.6) is 0 Å². The third-order valence-corrected chi connectivity index (χ3v) is 8.60. The summed E-state index contributed by atoms with van der Waals surface area (Å²) in [6, 6.07) is 6.53. The summed E-state index contributed by atoms with van der Waals surface area (Å²) in [5, 5.41) is 0. The topological polar surface area (TPSA) is 105 Å². The van der Waals surface area contributed by atoms with E-state index in [4.69, 9.17) is 18.9 Å². The van der Waals surface area contributed by atoms with Gasteiger partial charge in [-0.1, -0.05) is 0 Å². The number of esters is 4. The van der Waals surface area contributed by atoms with Gasteiger partial charge in [0, 0.05) is 23.7 Å². The molecule has 156 valence electrons. The second-order valence-electron chi connectivity index (χ2n) is 9.56. The summed E-state index contributed by atoms with van der Waals surface area (Å²) in [6.45, 7) is 0. The van der Waals surface area contributed by atoms with Gasteiger partial charge in [-0.05, 0) is 46.5 Å². The molecule has 0 saturated heterocycles. The second-order valence-corrected chi connectivity index (χ2v) is 9.56. The van der Waals surface area contributed by atoms with E-state index in [-0.39, 0.29) is 23.7 Å². The Kier molecular flexibility index (Phi) is 2.29. The standard InChI is InChI=1S/C24H12O8/c25-21-5-1-2-6-10-9(5)13-15-11-7(23(27)31-19(15)17(13)29-21)3-4-8-12(11)16-14(10)18(30-22(6)26)20(16)32-24(8)28/h1-4,13-20H. The number of ether oxygens (including phenoxy) is 4. The van der Waals surface area contributed by atoms with Crippen molar-refractivity contribution in [1.29, 1.82) is 0 Å². The van der Waals surface area contributed by atoms with Gasteiger partial charge in [0.15, 0.2) is 0 Å². The lowest BCUT2D eigenvalue weighted by molar-refractivity contribution is -0.135. The van der Waals surface area contributed by atoms with Crippen LogP contribution in [0.15, 0.2) is 24.3 Å². The molecule has 2 fully saturated rings. The maximum absolute atomic E-state index is 12.9. The van der Waals surface area contributed by atoms with E-state index in [2.05, 4.69) is 0 Å². The Bertz CT molecular complexity index is 1210. The Morgan fingerprint density at radius 2 is 0.625 bits per heavy atom. The fourth-order valence-corrected chi connectivity index (χ4v) is 7.45. The summed E-state index contributed by atoms with van der Waals surface area (Å²) in [7, 11) is 0. The van der Waals surface area contributed by atoms with E-state index in [1.54, 1.807) is 24.3 Å². The normalized spacial score (nSPS) is 39.2. The molecule has 0 amide bonds. The zero-order valence-corrected chi connectivity index (χ0v) is 16.2. The first-order valence-electron chi connectivity index (χ1n) is 10.7. The monoisotopic (exact) mass is 428 g/mol. The largest absolute Gasteiger partial charge is 0.454 e. The van der Waals surface area contributed by atoms with E-state index in [0.717, 1.165) is 22.3 Å². The van der Waals surface area contributed by atoms with Gasteiger partial charge in [0.25, 0.3) is 0 Å². The van der Waals surface area contributed by atoms with Crippen LogP contribution in [0.4, 0.5) is 0 Å². The molecule has 0 spiro atoms. The molecule has 2 aromatic rings. The average molecular weight is 428 g/mol. The van der Waals surface area contributed by atoms with E-state index < -0.39 is 48.3 Å². The summed E-state index contributed by atoms with van der Waals surface area (Å²) >= 11 is 0. The SMILES string of the molecule is O=C1OC2C3OC(=O)c4ccc5c6c4C3C2c2c1ccc1c2C2C(OC1=O)C(OC5=O)C62. The molecular weight excluding hydrogens is 416 g/mol. The maximum atomic E-state index is 12.9. The molecule has 4 aliphatic heterocycles. The van der Waals surface area contributed by atoms with Crippen molar-refractivity contribution in [3.8, 4) is 0 Å². The van der Waals surface area contributed by atoms with Crippen LogP contribution in [0.2, 0.25) is 0 Å². The number of carbonyl (C=O) groups excluding carboxylic acids is 4. The number of hydrogen-bond donors (Lipinski definition) is 0. The van der Waals surface area contributed by atoms with Crippen molar-refractivity contribution in [1.82, 2.24) is 0 Å². The molecule has 0 radical (unpaired) electrons. The van der Waals surface area contributed by atoms with Crippen LogP contribution in [0, 0.1) is 0 Å². The Hall–Kier alpha value is -3.68. The molecule has 9 rings (SSSR count). The molecule has 3 aliphatic carbocycles. The van der Waals surface area contributed by atoms with Crippen LogP contribution in [0.1, 0.15) is 87.4 Å². The molecule has 8 heteroatoms. The molecule has 2 saturated carbocycles. The number of rotatable bonds is 0. The first-order valence-corrected chi connectivity index (χ1v) is 10.7. The molecule has 7 aliphatic rings. The molecule has 4 heterocycles. The number of hydrogen-bond acceptors (Lipinski definition) is 8. The Morgan fingerprint density at radius 1 is 0.406 bits per heavy atom. The van der Waals surface area contributed by atoms with Crippen LogP contribution in [0.25, 0.3) is 0 Å². The molecule has 32 heavy (non-hydrogen) atoms. The molecular formula is C24H12O8. The van der Waals surface area contributed by atoms with E-state index >= 15 is 0 Å². The Morgan fingerprint density at radius 3 is 0.844 bits per heavy atom. The number of benzene rings is 2. The molecule has 8 atom stereocenters. The van der Waals surface area contributed by atoms with Crippen LogP contribution < -0.4 is 0 Å². The van der Waals surface area contributed by atoms with Crippen LogP contribution in [0.3, 0.4) is 0 Å². The van der Waals surface area contributed by atoms with Crippen molar-refractivity contribution in [3.05, 3.63) is 68.8 Å². The highest BCUT2D eigenvalue weighted by Gasteiger charge is 2.70. The van der Waals surface area contributed by atoms with Crippen molar-refractivity contribution in [2.45, 2.75) is 48.1 Å². The second kappa shape index (κ2) is 4.57. The lowest BCUT2D eigenvalue weighted by Gasteiger charge is -2.62. The van der Waals surface area contributed by atoms with Gasteiger partial charge in [0.05, 0.1) is 22.3 Å². The van der Waals surface area contributed by atoms with Crippen LogP contribution in [-0.4, -0.2) is 48.3 Å². The summed E-state index contributed by atoms with van der Waals surface area (Å²) in [5.41, 5.74) is 5.05. The first kappa shape index (κ1) is 16.0. The lowest BCUT2D eigenvalue weighted by atomic mass is 9.48. The molecule has 0 bridgehead atoms. The highest BCUT2D eigenvalue weighted by molar-refractivity contribution is 6.03. The maximum Gasteiger partial charge on any atom is 0.338 e. The van der Waals surface area contributed by atoms with Gasteiger partial charge < -0.3 is 18.9 Å². The average Bonchev–Trinajstić information content (AvgIpc) is 2.77. The smallest absolute Gasteiger partial charge is 0.338 e. The zero-order chi connectivity index (χ0) is 21.2. The molecule has 0 N–H and O–H groups in total. The molecule has 8 nitrogen and oxygen atoms in total. The summed E-state index contributed by atoms with van der Waals surface area (Å²) in [5.74, 6) is -2.87. The van der Waals surface area contributed by atoms with Gasteiger partial charge in [-0.15, -0.1) is 0 Å². The van der Waals surface area contributed by atoms with E-state index in [9.17, 15) is 19.2 Å². The predicted octanol–water partition coefficient (Wildman–Crippen LogP) is 1.92. The number of fused-ring (bicyclic) bond motifs is 2.